The van der Waals surface area contributed by atoms with Crippen LogP contribution >= 0.6 is 0 Å². The van der Waals surface area contributed by atoms with Gasteiger partial charge in [-0.25, -0.2) is 0 Å². The topological polar surface area (TPSA) is 247 Å². The van der Waals surface area contributed by atoms with Gasteiger partial charge < -0.3 is 43.2 Å². The highest BCUT2D eigenvalue weighted by atomic mass is 16.4. The molecule has 1 aliphatic rings. The molecule has 1 saturated heterocycles. The molecular weight excluding hydrogens is 536 g/mol. The van der Waals surface area contributed by atoms with Crippen molar-refractivity contribution in [1.29, 1.82) is 0 Å². The minimum atomic E-state index is -1.54. The number of nitrogens with one attached hydrogen (secondary N) is 5. The largest absolute Gasteiger partial charge is 0.481 e. The fraction of sp³-hybridized carbons (Fsp3) is 0.500. The molecule has 224 valence electrons. The number of carbonyl (C=O) groups excluding carboxylic acids is 5. The average Bonchev–Trinajstić information content (AvgIpc) is 2.90. The van der Waals surface area contributed by atoms with Crippen LogP contribution in [0.5, 0.6) is 0 Å². The van der Waals surface area contributed by atoms with Crippen LogP contribution in [0.3, 0.4) is 0 Å². The molecule has 2 rings (SSSR count). The van der Waals surface area contributed by atoms with E-state index in [1.54, 1.807) is 44.2 Å². The molecule has 0 aliphatic carbocycles. The molecule has 41 heavy (non-hydrogen) atoms. The number of carbonyl (C=O) groups is 6. The van der Waals surface area contributed by atoms with Crippen molar-refractivity contribution in [2.45, 2.75) is 63.7 Å². The highest BCUT2D eigenvalue weighted by molar-refractivity contribution is 5.98. The monoisotopic (exact) mass is 574 g/mol. The predicted molar refractivity (Wildman–Crippen MR) is 148 cm³/mol. The molecule has 4 atom stereocenters. The normalized spacial score (nSPS) is 22.7. The molecule has 1 aromatic carbocycles. The lowest BCUT2D eigenvalue weighted by atomic mass is 10.00. The Balaban J connectivity index is 2.43. The third-order valence-corrected chi connectivity index (χ3v) is 6.19. The first-order valence-corrected chi connectivity index (χ1v) is 13.2. The maximum atomic E-state index is 13.4. The quantitative estimate of drug-likeness (QED) is 0.0879. The molecule has 5 amide bonds. The van der Waals surface area contributed by atoms with Crippen molar-refractivity contribution in [3.63, 3.8) is 0 Å². The fourth-order valence-electron chi connectivity index (χ4n) is 4.07. The number of aliphatic imine (C=N–C) groups is 1. The van der Waals surface area contributed by atoms with Crippen molar-refractivity contribution in [3.8, 4) is 0 Å². The van der Waals surface area contributed by atoms with Crippen molar-refractivity contribution in [2.24, 2.45) is 22.4 Å². The van der Waals surface area contributed by atoms with Crippen LogP contribution < -0.4 is 38.1 Å². The second kappa shape index (κ2) is 15.8. The third-order valence-electron chi connectivity index (χ3n) is 6.19. The van der Waals surface area contributed by atoms with Crippen molar-refractivity contribution in [1.82, 2.24) is 26.6 Å². The van der Waals surface area contributed by atoms with Gasteiger partial charge >= 0.3 is 5.97 Å². The highest BCUT2D eigenvalue weighted by Crippen LogP contribution is 2.09. The Morgan fingerprint density at radius 2 is 1.54 bits per heavy atom. The van der Waals surface area contributed by atoms with Crippen LogP contribution in [-0.4, -0.2) is 83.8 Å². The summed E-state index contributed by atoms with van der Waals surface area (Å²) in [4.78, 5) is 80.7. The van der Waals surface area contributed by atoms with E-state index in [2.05, 4.69) is 31.6 Å². The Hall–Kier alpha value is -4.69. The van der Waals surface area contributed by atoms with E-state index in [9.17, 15) is 33.9 Å². The van der Waals surface area contributed by atoms with E-state index >= 15 is 0 Å². The molecule has 1 fully saturated rings. The van der Waals surface area contributed by atoms with E-state index in [-0.39, 0.29) is 25.3 Å². The number of hydrogen-bond acceptors (Lipinski definition) is 7. The van der Waals surface area contributed by atoms with Crippen molar-refractivity contribution < 1.29 is 33.9 Å². The standard InChI is InChI=1S/C26H38N8O7/c1-14(2)21-25(41)33-17(11-15-7-4-3-5-8-15)24(40)32-18(12-20(36)37)22(38)30-13-19(35)31-16(23(39)34-21)9-6-10-29-26(27)28/h3-5,7-8,14,16-18,21H,6,9-13H2,1-2H3,(H,30,38)(H,31,35)(H,32,40)(H,33,41)(H,34,39)(H,36,37)(H4,27,28,29)/t16-,17+,18-,21-/m1/s1. The second-order valence-corrected chi connectivity index (χ2v) is 9.93. The molecule has 0 aromatic heterocycles. The van der Waals surface area contributed by atoms with Gasteiger partial charge in [0.1, 0.15) is 24.2 Å². The van der Waals surface area contributed by atoms with Gasteiger partial charge in [0.2, 0.25) is 29.5 Å². The SMILES string of the molecule is CC(C)[C@H]1NC(=O)[C@@H](CCCN=C(N)N)NC(=O)CNC(=O)[C@@H](CC(=O)O)NC(=O)[C@H](Cc2ccccc2)NC1=O. The van der Waals surface area contributed by atoms with Crippen molar-refractivity contribution in [3.05, 3.63) is 35.9 Å². The van der Waals surface area contributed by atoms with Gasteiger partial charge in [0.15, 0.2) is 5.96 Å². The Morgan fingerprint density at radius 3 is 2.15 bits per heavy atom. The van der Waals surface area contributed by atoms with Gasteiger partial charge in [0, 0.05) is 13.0 Å². The molecule has 1 heterocycles. The first kappa shape index (κ1) is 32.5. The van der Waals surface area contributed by atoms with Crippen LogP contribution in [0.2, 0.25) is 0 Å². The summed E-state index contributed by atoms with van der Waals surface area (Å²) in [5.74, 6) is -5.75. The second-order valence-electron chi connectivity index (χ2n) is 9.93. The summed E-state index contributed by atoms with van der Waals surface area (Å²) in [7, 11) is 0. The van der Waals surface area contributed by atoms with Crippen molar-refractivity contribution in [2.75, 3.05) is 13.1 Å². The first-order valence-electron chi connectivity index (χ1n) is 13.2. The Labute approximate surface area is 237 Å². The molecule has 0 unspecified atom stereocenters. The molecule has 10 N–H and O–H groups in total. The number of carboxylic acid groups (broad SMARTS) is 1. The maximum Gasteiger partial charge on any atom is 0.305 e. The average molecular weight is 575 g/mol. The molecule has 0 spiro atoms. The zero-order chi connectivity index (χ0) is 30.5. The Bertz CT molecular complexity index is 1140. The number of rotatable bonds is 9. The van der Waals surface area contributed by atoms with Gasteiger partial charge in [-0.2, -0.15) is 0 Å². The van der Waals surface area contributed by atoms with E-state index in [0.717, 1.165) is 0 Å². The van der Waals surface area contributed by atoms with Crippen LogP contribution in [0.1, 0.15) is 38.7 Å². The minimum Gasteiger partial charge on any atom is -0.481 e. The summed E-state index contributed by atoms with van der Waals surface area (Å²) in [6, 6.07) is 3.79. The summed E-state index contributed by atoms with van der Waals surface area (Å²) in [6.45, 7) is 2.98. The highest BCUT2D eigenvalue weighted by Gasteiger charge is 2.34. The Morgan fingerprint density at radius 1 is 0.902 bits per heavy atom. The number of carboxylic acids is 1. The smallest absolute Gasteiger partial charge is 0.305 e. The Kier molecular flexibility index (Phi) is 12.5. The van der Waals surface area contributed by atoms with Crippen LogP contribution in [0.4, 0.5) is 0 Å². The lowest BCUT2D eigenvalue weighted by molar-refractivity contribution is -0.141. The lowest BCUT2D eigenvalue weighted by Gasteiger charge is -2.27. The molecule has 1 aliphatic heterocycles. The van der Waals surface area contributed by atoms with E-state index in [0.29, 0.717) is 12.0 Å². The van der Waals surface area contributed by atoms with Crippen LogP contribution in [0.15, 0.2) is 35.3 Å². The zero-order valence-electron chi connectivity index (χ0n) is 23.0. The minimum absolute atomic E-state index is 0.0199. The summed E-state index contributed by atoms with van der Waals surface area (Å²) >= 11 is 0. The molecule has 15 nitrogen and oxygen atoms in total. The van der Waals surface area contributed by atoms with Gasteiger partial charge in [-0.05, 0) is 24.3 Å². The van der Waals surface area contributed by atoms with Gasteiger partial charge in [-0.15, -0.1) is 0 Å². The number of aliphatic carboxylic acids is 1. The van der Waals surface area contributed by atoms with Crippen LogP contribution in [-0.2, 0) is 35.2 Å². The molecule has 15 heteroatoms. The van der Waals surface area contributed by atoms with Gasteiger partial charge in [0.05, 0.1) is 13.0 Å². The summed E-state index contributed by atoms with van der Waals surface area (Å²) < 4.78 is 0. The lowest BCUT2D eigenvalue weighted by Crippen LogP contribution is -2.59. The van der Waals surface area contributed by atoms with Crippen LogP contribution in [0.25, 0.3) is 0 Å². The number of nitrogens with zero attached hydrogens (tertiary/aromatic N) is 1. The number of amides is 5. The molecule has 1 aromatic rings. The van der Waals surface area contributed by atoms with Gasteiger partial charge in [-0.3, -0.25) is 33.8 Å². The van der Waals surface area contributed by atoms with E-state index in [1.165, 1.54) is 0 Å². The first-order chi connectivity index (χ1) is 19.4. The third kappa shape index (κ3) is 11.1. The molecule has 0 bridgehead atoms. The predicted octanol–water partition coefficient (Wildman–Crippen LogP) is -2.52. The summed E-state index contributed by atoms with van der Waals surface area (Å²) in [5.41, 5.74) is 11.4. The van der Waals surface area contributed by atoms with Crippen LogP contribution in [0, 0.1) is 5.92 Å². The molecule has 0 saturated carbocycles. The number of guanidine groups is 1. The van der Waals surface area contributed by atoms with E-state index in [1.807, 2.05) is 0 Å². The summed E-state index contributed by atoms with van der Waals surface area (Å²) in [6.07, 6.45) is -0.341. The van der Waals surface area contributed by atoms with E-state index < -0.39 is 78.6 Å². The number of hydrogen-bond donors (Lipinski definition) is 8. The molecule has 0 radical (unpaired) electrons. The number of nitrogens with two attached hydrogens (primary N) is 2. The zero-order valence-corrected chi connectivity index (χ0v) is 23.0. The van der Waals surface area contributed by atoms with Gasteiger partial charge in [-0.1, -0.05) is 44.2 Å². The van der Waals surface area contributed by atoms with Gasteiger partial charge in [0.25, 0.3) is 0 Å². The number of benzene rings is 1. The fourth-order valence-corrected chi connectivity index (χ4v) is 4.07. The molecular formula is C26H38N8O7. The summed E-state index contributed by atoms with van der Waals surface area (Å²) in [5, 5.41) is 21.8. The van der Waals surface area contributed by atoms with Crippen molar-refractivity contribution >= 4 is 41.5 Å². The van der Waals surface area contributed by atoms with E-state index in [4.69, 9.17) is 11.5 Å². The maximum absolute atomic E-state index is 13.4.